The van der Waals surface area contributed by atoms with Crippen LogP contribution < -0.4 is 5.32 Å². The van der Waals surface area contributed by atoms with Gasteiger partial charge in [0, 0.05) is 20.1 Å². The number of likely N-dealkylation sites (N-methyl/N-ethyl adjacent to an activating group) is 2. The van der Waals surface area contributed by atoms with Crippen molar-refractivity contribution < 1.29 is 9.59 Å². The van der Waals surface area contributed by atoms with Gasteiger partial charge in [-0.2, -0.15) is 0 Å². The fourth-order valence-corrected chi connectivity index (χ4v) is 0.558. The molecule has 0 aromatic rings. The summed E-state index contributed by atoms with van der Waals surface area (Å²) in [5.41, 5.74) is 0. The lowest BCUT2D eigenvalue weighted by Crippen LogP contribution is -2.23. The summed E-state index contributed by atoms with van der Waals surface area (Å²) in [4.78, 5) is 22.3. The Morgan fingerprint density at radius 2 is 1.80 bits per heavy atom. The van der Waals surface area contributed by atoms with Crippen molar-refractivity contribution in [3.63, 3.8) is 0 Å². The number of nitrogens with one attached hydrogen (secondary N) is 1. The molecule has 1 N–H and O–H groups in total. The van der Waals surface area contributed by atoms with Crippen LogP contribution in [0.15, 0.2) is 25.3 Å². The predicted molar refractivity (Wildman–Crippen MR) is 62.4 cm³/mol. The predicted octanol–water partition coefficient (Wildman–Crippen LogP) is 0.959. The Bertz CT molecular complexity index is 225. The smallest absolute Gasteiger partial charge is 0.245 e. The first-order chi connectivity index (χ1) is 7.03. The zero-order valence-corrected chi connectivity index (χ0v) is 9.75. The fourth-order valence-electron chi connectivity index (χ4n) is 0.558. The molecular weight excluding hydrogens is 192 g/mol. The summed E-state index contributed by atoms with van der Waals surface area (Å²) in [5.74, 6) is -0.130. The van der Waals surface area contributed by atoms with Gasteiger partial charge in [0.2, 0.25) is 11.8 Å². The van der Waals surface area contributed by atoms with Crippen molar-refractivity contribution in [2.75, 3.05) is 20.1 Å². The lowest BCUT2D eigenvalue weighted by Gasteiger charge is -2.09. The van der Waals surface area contributed by atoms with Crippen LogP contribution >= 0.6 is 0 Å². The minimum absolute atomic E-state index is 0.0208. The summed E-state index contributed by atoms with van der Waals surface area (Å²) in [7, 11) is 1.74. The maximum atomic E-state index is 10.6. The highest BCUT2D eigenvalue weighted by Gasteiger charge is 1.96. The van der Waals surface area contributed by atoms with Crippen molar-refractivity contribution in [1.82, 2.24) is 10.2 Å². The van der Waals surface area contributed by atoms with Gasteiger partial charge < -0.3 is 10.2 Å². The third-order valence-electron chi connectivity index (χ3n) is 1.56. The monoisotopic (exact) mass is 212 g/mol. The van der Waals surface area contributed by atoms with E-state index >= 15 is 0 Å². The second-order valence-corrected chi connectivity index (χ2v) is 2.66. The average Bonchev–Trinajstić information content (AvgIpc) is 2.27. The number of carbonyl (C=O) groups is 2. The molecule has 15 heavy (non-hydrogen) atoms. The van der Waals surface area contributed by atoms with Crippen molar-refractivity contribution in [3.8, 4) is 0 Å². The molecule has 0 aromatic heterocycles. The van der Waals surface area contributed by atoms with Crippen LogP contribution in [0.3, 0.4) is 0 Å². The third kappa shape index (κ3) is 10.3. The summed E-state index contributed by atoms with van der Waals surface area (Å²) in [5, 5.41) is 2.54. The number of amides is 2. The molecule has 4 heteroatoms. The van der Waals surface area contributed by atoms with Gasteiger partial charge in [-0.05, 0) is 26.0 Å². The van der Waals surface area contributed by atoms with E-state index in [0.29, 0.717) is 6.54 Å². The highest BCUT2D eigenvalue weighted by molar-refractivity contribution is 5.87. The second-order valence-electron chi connectivity index (χ2n) is 2.66. The molecule has 0 heterocycles. The first-order valence-electron chi connectivity index (χ1n) is 4.81. The van der Waals surface area contributed by atoms with Crippen LogP contribution in [0.5, 0.6) is 0 Å². The standard InChI is InChI=1S/C6H11NO.C5H9NO/c1-4-6(8)7(3)5-2;1-3-5(7)6-4-2/h4H,1,5H2,2-3H3;3H,1,4H2,2H3,(H,6,7). The second kappa shape index (κ2) is 10.5. The minimum Gasteiger partial charge on any atom is -0.353 e. The quantitative estimate of drug-likeness (QED) is 0.706. The van der Waals surface area contributed by atoms with E-state index in [1.807, 2.05) is 13.8 Å². The van der Waals surface area contributed by atoms with E-state index in [-0.39, 0.29) is 11.8 Å². The fraction of sp³-hybridized carbons (Fsp3) is 0.455. The molecular formula is C11H20N2O2. The van der Waals surface area contributed by atoms with Crippen molar-refractivity contribution in [3.05, 3.63) is 25.3 Å². The molecule has 0 spiro atoms. The van der Waals surface area contributed by atoms with Gasteiger partial charge in [-0.15, -0.1) is 0 Å². The number of rotatable bonds is 4. The molecule has 0 saturated heterocycles. The van der Waals surface area contributed by atoms with Gasteiger partial charge in [-0.25, -0.2) is 0 Å². The van der Waals surface area contributed by atoms with Crippen molar-refractivity contribution in [2.45, 2.75) is 13.8 Å². The van der Waals surface area contributed by atoms with Crippen molar-refractivity contribution in [1.29, 1.82) is 0 Å². The van der Waals surface area contributed by atoms with Gasteiger partial charge in [-0.1, -0.05) is 13.2 Å². The van der Waals surface area contributed by atoms with Gasteiger partial charge in [-0.3, -0.25) is 9.59 Å². The number of hydrogen-bond acceptors (Lipinski definition) is 2. The molecule has 4 nitrogen and oxygen atoms in total. The van der Waals surface area contributed by atoms with E-state index in [1.165, 1.54) is 12.2 Å². The molecule has 0 rings (SSSR count). The average molecular weight is 212 g/mol. The Morgan fingerprint density at radius 1 is 1.27 bits per heavy atom. The summed E-state index contributed by atoms with van der Waals surface area (Å²) >= 11 is 0. The highest BCUT2D eigenvalue weighted by atomic mass is 16.2. The minimum atomic E-state index is -0.109. The molecule has 0 fully saturated rings. The third-order valence-corrected chi connectivity index (χ3v) is 1.56. The van der Waals surface area contributed by atoms with Crippen LogP contribution in [0, 0.1) is 0 Å². The van der Waals surface area contributed by atoms with Crippen LogP contribution in [-0.4, -0.2) is 36.9 Å². The SMILES string of the molecule is C=CC(=O)N(C)CC.C=CC(=O)NCC. The zero-order valence-electron chi connectivity index (χ0n) is 9.75. The normalized spacial score (nSPS) is 7.93. The Labute approximate surface area is 91.6 Å². The Balaban J connectivity index is 0. The van der Waals surface area contributed by atoms with E-state index < -0.39 is 0 Å². The molecule has 0 atom stereocenters. The lowest BCUT2D eigenvalue weighted by atomic mass is 10.5. The van der Waals surface area contributed by atoms with Crippen LogP contribution in [0.2, 0.25) is 0 Å². The Kier molecular flexibility index (Phi) is 11.1. The van der Waals surface area contributed by atoms with Gasteiger partial charge in [0.25, 0.3) is 0 Å². The molecule has 0 aliphatic heterocycles. The van der Waals surface area contributed by atoms with Crippen LogP contribution in [0.4, 0.5) is 0 Å². The molecule has 0 saturated carbocycles. The Hall–Kier alpha value is -1.58. The molecule has 0 bridgehead atoms. The molecule has 0 aliphatic rings. The maximum absolute atomic E-state index is 10.6. The van der Waals surface area contributed by atoms with E-state index in [0.717, 1.165) is 6.54 Å². The van der Waals surface area contributed by atoms with Crippen molar-refractivity contribution in [2.24, 2.45) is 0 Å². The van der Waals surface area contributed by atoms with E-state index in [2.05, 4.69) is 18.5 Å². The largest absolute Gasteiger partial charge is 0.353 e. The van der Waals surface area contributed by atoms with Gasteiger partial charge in [0.1, 0.15) is 0 Å². The molecule has 86 valence electrons. The summed E-state index contributed by atoms with van der Waals surface area (Å²) in [6, 6.07) is 0. The van der Waals surface area contributed by atoms with E-state index in [9.17, 15) is 9.59 Å². The molecule has 0 aliphatic carbocycles. The van der Waals surface area contributed by atoms with Gasteiger partial charge in [0.15, 0.2) is 0 Å². The van der Waals surface area contributed by atoms with Crippen LogP contribution in [0.1, 0.15) is 13.8 Å². The van der Waals surface area contributed by atoms with Crippen LogP contribution in [-0.2, 0) is 9.59 Å². The van der Waals surface area contributed by atoms with Crippen LogP contribution in [0.25, 0.3) is 0 Å². The number of carbonyl (C=O) groups excluding carboxylic acids is 2. The van der Waals surface area contributed by atoms with Gasteiger partial charge in [0.05, 0.1) is 0 Å². The van der Waals surface area contributed by atoms with Crippen molar-refractivity contribution >= 4 is 11.8 Å². The van der Waals surface area contributed by atoms with E-state index in [1.54, 1.807) is 11.9 Å². The topological polar surface area (TPSA) is 49.4 Å². The first-order valence-corrected chi connectivity index (χ1v) is 4.81. The molecule has 0 unspecified atom stereocenters. The van der Waals surface area contributed by atoms with E-state index in [4.69, 9.17) is 0 Å². The summed E-state index contributed by atoms with van der Waals surface area (Å²) in [6.07, 6.45) is 2.56. The zero-order chi connectivity index (χ0) is 12.3. The first kappa shape index (κ1) is 15.9. The summed E-state index contributed by atoms with van der Waals surface area (Å²) < 4.78 is 0. The van der Waals surface area contributed by atoms with Gasteiger partial charge >= 0.3 is 0 Å². The maximum Gasteiger partial charge on any atom is 0.245 e. The molecule has 2 amide bonds. The number of hydrogen-bond donors (Lipinski definition) is 1. The summed E-state index contributed by atoms with van der Waals surface area (Å²) in [6.45, 7) is 11.8. The highest BCUT2D eigenvalue weighted by Crippen LogP contribution is 1.81. The molecule has 0 radical (unpaired) electrons. The number of nitrogens with zero attached hydrogens (tertiary/aromatic N) is 1. The molecule has 0 aromatic carbocycles. The Morgan fingerprint density at radius 3 is 1.93 bits per heavy atom. The lowest BCUT2D eigenvalue weighted by molar-refractivity contribution is -0.124.